The standard InChI is InChI=1S/C20H15F3N4/c21-11-1-2-14(17(22)9-11)13-7-8-25-10-16-12(13)3-4-15(20(16)23)18-5-6-19(24)27-26-18/h1-7,9,25H,8,10H2,(H2,24,27). The van der Waals surface area contributed by atoms with E-state index in [4.69, 9.17) is 5.73 Å². The number of aromatic nitrogens is 2. The molecule has 2 aromatic carbocycles. The topological polar surface area (TPSA) is 63.8 Å². The third kappa shape index (κ3) is 3.17. The molecule has 0 saturated carbocycles. The first-order chi connectivity index (χ1) is 13.0. The summed E-state index contributed by atoms with van der Waals surface area (Å²) in [6.07, 6.45) is 1.77. The minimum atomic E-state index is -0.692. The smallest absolute Gasteiger partial charge is 0.146 e. The van der Waals surface area contributed by atoms with Gasteiger partial charge >= 0.3 is 0 Å². The maximum Gasteiger partial charge on any atom is 0.146 e. The van der Waals surface area contributed by atoms with Crippen LogP contribution in [-0.2, 0) is 6.54 Å². The van der Waals surface area contributed by atoms with Crippen LogP contribution in [0.1, 0.15) is 16.7 Å². The molecule has 1 aliphatic heterocycles. The van der Waals surface area contributed by atoms with Gasteiger partial charge in [-0.05, 0) is 41.5 Å². The van der Waals surface area contributed by atoms with Gasteiger partial charge in [0.25, 0.3) is 0 Å². The SMILES string of the molecule is Nc1ccc(-c2ccc3c(c2F)CNCC=C3c2ccc(F)cc2F)nn1. The van der Waals surface area contributed by atoms with Crippen molar-refractivity contribution in [2.24, 2.45) is 0 Å². The zero-order chi connectivity index (χ0) is 19.0. The Kier molecular flexibility index (Phi) is 4.37. The Hall–Kier alpha value is -3.19. The Bertz CT molecular complexity index is 1050. The molecule has 3 N–H and O–H groups in total. The Morgan fingerprint density at radius 1 is 0.889 bits per heavy atom. The summed E-state index contributed by atoms with van der Waals surface area (Å²) in [6, 6.07) is 9.80. The molecule has 4 rings (SSSR count). The average molecular weight is 368 g/mol. The van der Waals surface area contributed by atoms with Crippen LogP contribution >= 0.6 is 0 Å². The average Bonchev–Trinajstić information content (AvgIpc) is 2.86. The third-order valence-corrected chi connectivity index (χ3v) is 4.47. The number of nitrogen functional groups attached to an aromatic ring is 1. The Balaban J connectivity index is 1.86. The van der Waals surface area contributed by atoms with E-state index in [-0.39, 0.29) is 23.5 Å². The van der Waals surface area contributed by atoms with Gasteiger partial charge in [0, 0.05) is 35.8 Å². The van der Waals surface area contributed by atoms with Crippen LogP contribution in [0.15, 0.2) is 48.5 Å². The highest BCUT2D eigenvalue weighted by Crippen LogP contribution is 2.34. The van der Waals surface area contributed by atoms with Gasteiger partial charge in [-0.15, -0.1) is 10.2 Å². The quantitative estimate of drug-likeness (QED) is 0.724. The molecule has 2 heterocycles. The van der Waals surface area contributed by atoms with Gasteiger partial charge in [0.1, 0.15) is 23.3 Å². The molecule has 1 aliphatic rings. The molecular weight excluding hydrogens is 353 g/mol. The zero-order valence-electron chi connectivity index (χ0n) is 14.1. The fraction of sp³-hybridized carbons (Fsp3) is 0.100. The van der Waals surface area contributed by atoms with Crippen LogP contribution in [0.2, 0.25) is 0 Å². The van der Waals surface area contributed by atoms with E-state index in [1.807, 2.05) is 0 Å². The Morgan fingerprint density at radius 3 is 2.41 bits per heavy atom. The van der Waals surface area contributed by atoms with E-state index in [1.54, 1.807) is 30.3 Å². The molecule has 0 radical (unpaired) electrons. The van der Waals surface area contributed by atoms with Crippen LogP contribution in [0.3, 0.4) is 0 Å². The van der Waals surface area contributed by atoms with E-state index in [0.29, 0.717) is 28.9 Å². The molecule has 3 aromatic rings. The second-order valence-corrected chi connectivity index (χ2v) is 6.17. The molecule has 0 bridgehead atoms. The number of anilines is 1. The van der Waals surface area contributed by atoms with E-state index < -0.39 is 17.5 Å². The fourth-order valence-electron chi connectivity index (χ4n) is 3.17. The number of benzene rings is 2. The second-order valence-electron chi connectivity index (χ2n) is 6.17. The largest absolute Gasteiger partial charge is 0.382 e. The summed E-state index contributed by atoms with van der Waals surface area (Å²) >= 11 is 0. The van der Waals surface area contributed by atoms with E-state index >= 15 is 4.39 Å². The van der Waals surface area contributed by atoms with Gasteiger partial charge in [-0.1, -0.05) is 12.1 Å². The summed E-state index contributed by atoms with van der Waals surface area (Å²) in [5.74, 6) is -1.57. The van der Waals surface area contributed by atoms with Crippen molar-refractivity contribution < 1.29 is 13.2 Å². The van der Waals surface area contributed by atoms with Crippen LogP contribution < -0.4 is 11.1 Å². The third-order valence-electron chi connectivity index (χ3n) is 4.47. The van der Waals surface area contributed by atoms with Crippen molar-refractivity contribution in [2.45, 2.75) is 6.54 Å². The summed E-state index contributed by atoms with van der Waals surface area (Å²) < 4.78 is 42.8. The Labute approximate surface area is 153 Å². The molecule has 0 aliphatic carbocycles. The molecule has 136 valence electrons. The highest BCUT2D eigenvalue weighted by Gasteiger charge is 2.22. The number of nitrogens with two attached hydrogens (primary N) is 1. The molecule has 0 amide bonds. The molecule has 0 atom stereocenters. The van der Waals surface area contributed by atoms with Crippen LogP contribution in [0.4, 0.5) is 19.0 Å². The monoisotopic (exact) mass is 368 g/mol. The van der Waals surface area contributed by atoms with E-state index in [9.17, 15) is 8.78 Å². The van der Waals surface area contributed by atoms with Crippen molar-refractivity contribution in [3.63, 3.8) is 0 Å². The minimum absolute atomic E-state index is 0.223. The second kappa shape index (κ2) is 6.85. The van der Waals surface area contributed by atoms with Crippen LogP contribution in [0, 0.1) is 17.5 Å². The van der Waals surface area contributed by atoms with Gasteiger partial charge in [-0.25, -0.2) is 13.2 Å². The van der Waals surface area contributed by atoms with Gasteiger partial charge in [0.15, 0.2) is 0 Å². The van der Waals surface area contributed by atoms with Gasteiger partial charge < -0.3 is 11.1 Å². The molecule has 0 unspecified atom stereocenters. The van der Waals surface area contributed by atoms with Crippen molar-refractivity contribution in [1.29, 1.82) is 0 Å². The van der Waals surface area contributed by atoms with Gasteiger partial charge in [-0.2, -0.15) is 0 Å². The highest BCUT2D eigenvalue weighted by molar-refractivity contribution is 5.83. The molecular formula is C20H15F3N4. The Morgan fingerprint density at radius 2 is 1.67 bits per heavy atom. The van der Waals surface area contributed by atoms with Crippen LogP contribution in [-0.4, -0.2) is 16.7 Å². The van der Waals surface area contributed by atoms with Crippen molar-refractivity contribution >= 4 is 11.4 Å². The lowest BCUT2D eigenvalue weighted by atomic mass is 9.91. The summed E-state index contributed by atoms with van der Waals surface area (Å²) in [4.78, 5) is 0. The van der Waals surface area contributed by atoms with Crippen LogP contribution in [0.5, 0.6) is 0 Å². The van der Waals surface area contributed by atoms with Crippen molar-refractivity contribution in [3.05, 3.63) is 82.7 Å². The number of fused-ring (bicyclic) bond motifs is 1. The highest BCUT2D eigenvalue weighted by atomic mass is 19.1. The normalized spacial score (nSPS) is 13.7. The van der Waals surface area contributed by atoms with Crippen molar-refractivity contribution in [1.82, 2.24) is 15.5 Å². The molecule has 0 spiro atoms. The maximum atomic E-state index is 15.3. The maximum absolute atomic E-state index is 15.3. The number of nitrogens with one attached hydrogen (secondary N) is 1. The zero-order valence-corrected chi connectivity index (χ0v) is 14.1. The summed E-state index contributed by atoms with van der Waals surface area (Å²) in [7, 11) is 0. The number of hydrogen-bond acceptors (Lipinski definition) is 4. The molecule has 0 fully saturated rings. The van der Waals surface area contributed by atoms with E-state index in [1.165, 1.54) is 12.1 Å². The first kappa shape index (κ1) is 17.2. The summed E-state index contributed by atoms with van der Waals surface area (Å²) in [6.45, 7) is 0.692. The lowest BCUT2D eigenvalue weighted by Crippen LogP contribution is -2.13. The predicted octanol–water partition coefficient (Wildman–Crippen LogP) is 3.68. The lowest BCUT2D eigenvalue weighted by molar-refractivity contribution is 0.581. The molecule has 27 heavy (non-hydrogen) atoms. The fourth-order valence-corrected chi connectivity index (χ4v) is 3.17. The minimum Gasteiger partial charge on any atom is -0.382 e. The number of hydrogen-bond donors (Lipinski definition) is 2. The van der Waals surface area contributed by atoms with E-state index in [0.717, 1.165) is 6.07 Å². The summed E-state index contributed by atoms with van der Waals surface area (Å²) in [5, 5.41) is 10.8. The van der Waals surface area contributed by atoms with Crippen molar-refractivity contribution in [3.8, 4) is 11.3 Å². The number of nitrogens with zero attached hydrogens (tertiary/aromatic N) is 2. The van der Waals surface area contributed by atoms with Gasteiger partial charge in [-0.3, -0.25) is 0 Å². The van der Waals surface area contributed by atoms with E-state index in [2.05, 4.69) is 15.5 Å². The molecule has 7 heteroatoms. The molecule has 0 saturated heterocycles. The first-order valence-electron chi connectivity index (χ1n) is 8.32. The van der Waals surface area contributed by atoms with Crippen LogP contribution in [0.25, 0.3) is 16.8 Å². The molecule has 4 nitrogen and oxygen atoms in total. The lowest BCUT2D eigenvalue weighted by Gasteiger charge is -2.15. The number of halogens is 3. The van der Waals surface area contributed by atoms with Crippen molar-refractivity contribution in [2.75, 3.05) is 12.3 Å². The number of rotatable bonds is 2. The first-order valence-corrected chi connectivity index (χ1v) is 8.32. The molecule has 1 aromatic heterocycles. The summed E-state index contributed by atoms with van der Waals surface area (Å²) in [5.41, 5.74) is 7.85. The van der Waals surface area contributed by atoms with Gasteiger partial charge in [0.2, 0.25) is 0 Å². The van der Waals surface area contributed by atoms with Gasteiger partial charge in [0.05, 0.1) is 5.69 Å². The predicted molar refractivity (Wildman–Crippen MR) is 97.0 cm³/mol.